The SMILES string of the molecule is CNC(C)c1ccc(N(C)Cc2scnc2C)c(F)c1. The van der Waals surface area contributed by atoms with Crippen LogP contribution in [-0.2, 0) is 6.54 Å². The van der Waals surface area contributed by atoms with Crippen molar-refractivity contribution in [3.05, 3.63) is 45.7 Å². The number of aryl methyl sites for hydroxylation is 1. The Morgan fingerprint density at radius 1 is 1.45 bits per heavy atom. The van der Waals surface area contributed by atoms with E-state index in [0.717, 1.165) is 11.3 Å². The van der Waals surface area contributed by atoms with Crippen LogP contribution in [0.5, 0.6) is 0 Å². The van der Waals surface area contributed by atoms with Crippen LogP contribution >= 0.6 is 11.3 Å². The lowest BCUT2D eigenvalue weighted by molar-refractivity contribution is 0.605. The van der Waals surface area contributed by atoms with Crippen LogP contribution in [0.15, 0.2) is 23.7 Å². The van der Waals surface area contributed by atoms with Crippen LogP contribution in [0.3, 0.4) is 0 Å². The molecule has 3 nitrogen and oxygen atoms in total. The Morgan fingerprint density at radius 3 is 2.75 bits per heavy atom. The molecule has 0 radical (unpaired) electrons. The van der Waals surface area contributed by atoms with Gasteiger partial charge >= 0.3 is 0 Å². The summed E-state index contributed by atoms with van der Waals surface area (Å²) in [5.41, 5.74) is 4.41. The average Bonchev–Trinajstić information content (AvgIpc) is 2.83. The van der Waals surface area contributed by atoms with Gasteiger partial charge in [0, 0.05) is 18.0 Å². The highest BCUT2D eigenvalue weighted by molar-refractivity contribution is 7.09. The molecule has 108 valence electrons. The van der Waals surface area contributed by atoms with Crippen LogP contribution in [0.4, 0.5) is 10.1 Å². The maximum atomic E-state index is 14.2. The van der Waals surface area contributed by atoms with Gasteiger partial charge in [-0.15, -0.1) is 11.3 Å². The molecule has 0 bridgehead atoms. The van der Waals surface area contributed by atoms with Crippen LogP contribution in [-0.4, -0.2) is 19.1 Å². The second-order valence-corrected chi connectivity index (χ2v) is 5.88. The Morgan fingerprint density at radius 2 is 2.20 bits per heavy atom. The molecule has 1 heterocycles. The molecule has 0 spiro atoms. The van der Waals surface area contributed by atoms with Crippen LogP contribution in [0.25, 0.3) is 0 Å². The molecule has 0 aliphatic carbocycles. The number of benzene rings is 1. The summed E-state index contributed by atoms with van der Waals surface area (Å²) in [7, 11) is 3.77. The smallest absolute Gasteiger partial charge is 0.146 e. The molecule has 2 aromatic rings. The van der Waals surface area contributed by atoms with Crippen LogP contribution in [0.2, 0.25) is 0 Å². The quantitative estimate of drug-likeness (QED) is 0.914. The van der Waals surface area contributed by atoms with E-state index in [-0.39, 0.29) is 11.9 Å². The Kier molecular flexibility index (Phi) is 4.73. The first-order chi connectivity index (χ1) is 9.52. The number of thiazole rings is 1. The summed E-state index contributed by atoms with van der Waals surface area (Å²) in [4.78, 5) is 7.31. The van der Waals surface area contributed by atoms with E-state index < -0.39 is 0 Å². The van der Waals surface area contributed by atoms with Gasteiger partial charge in [0.25, 0.3) is 0 Å². The van der Waals surface area contributed by atoms with Gasteiger partial charge in [0.1, 0.15) is 5.82 Å². The second-order valence-electron chi connectivity index (χ2n) is 4.94. The van der Waals surface area contributed by atoms with Crippen LogP contribution in [0.1, 0.15) is 29.1 Å². The summed E-state index contributed by atoms with van der Waals surface area (Å²) in [6.45, 7) is 4.67. The highest BCUT2D eigenvalue weighted by Gasteiger charge is 2.13. The number of halogens is 1. The normalized spacial score (nSPS) is 12.4. The van der Waals surface area contributed by atoms with E-state index in [0.29, 0.717) is 12.2 Å². The number of nitrogens with zero attached hydrogens (tertiary/aromatic N) is 2. The van der Waals surface area contributed by atoms with Crippen molar-refractivity contribution in [3.63, 3.8) is 0 Å². The van der Waals surface area contributed by atoms with Crippen LogP contribution < -0.4 is 10.2 Å². The third-order valence-corrected chi connectivity index (χ3v) is 4.46. The molecule has 0 saturated carbocycles. The molecule has 0 amide bonds. The Balaban J connectivity index is 2.18. The van der Waals surface area contributed by atoms with Crippen molar-refractivity contribution in [3.8, 4) is 0 Å². The molecule has 1 aromatic carbocycles. The molecule has 5 heteroatoms. The summed E-state index contributed by atoms with van der Waals surface area (Å²) < 4.78 is 14.2. The van der Waals surface area contributed by atoms with E-state index in [1.165, 1.54) is 4.88 Å². The zero-order valence-corrected chi connectivity index (χ0v) is 13.1. The van der Waals surface area contributed by atoms with Gasteiger partial charge in [0.2, 0.25) is 0 Å². The van der Waals surface area contributed by atoms with E-state index in [9.17, 15) is 4.39 Å². The third-order valence-electron chi connectivity index (χ3n) is 3.54. The van der Waals surface area contributed by atoms with E-state index in [2.05, 4.69) is 10.3 Å². The van der Waals surface area contributed by atoms with Crippen LogP contribution in [0, 0.1) is 12.7 Å². The van der Waals surface area contributed by atoms with Crippen molar-refractivity contribution >= 4 is 17.0 Å². The maximum absolute atomic E-state index is 14.2. The Bertz CT molecular complexity index is 582. The van der Waals surface area contributed by atoms with E-state index in [1.807, 2.05) is 50.5 Å². The average molecular weight is 293 g/mol. The summed E-state index contributed by atoms with van der Waals surface area (Å²) in [5.74, 6) is -0.186. The summed E-state index contributed by atoms with van der Waals surface area (Å²) >= 11 is 1.60. The minimum Gasteiger partial charge on any atom is -0.367 e. The summed E-state index contributed by atoms with van der Waals surface area (Å²) in [6.07, 6.45) is 0. The molecule has 1 unspecified atom stereocenters. The lowest BCUT2D eigenvalue weighted by Crippen LogP contribution is -2.18. The van der Waals surface area contributed by atoms with Crippen molar-refractivity contribution in [2.45, 2.75) is 26.4 Å². The van der Waals surface area contributed by atoms with E-state index in [4.69, 9.17) is 0 Å². The number of anilines is 1. The van der Waals surface area contributed by atoms with Crippen molar-refractivity contribution in [2.75, 3.05) is 19.0 Å². The lowest BCUT2D eigenvalue weighted by atomic mass is 10.1. The summed E-state index contributed by atoms with van der Waals surface area (Å²) in [5, 5.41) is 3.11. The topological polar surface area (TPSA) is 28.2 Å². The molecule has 1 N–H and O–H groups in total. The molecule has 0 saturated heterocycles. The second kappa shape index (κ2) is 6.33. The zero-order chi connectivity index (χ0) is 14.7. The first-order valence-electron chi connectivity index (χ1n) is 6.59. The fourth-order valence-corrected chi connectivity index (χ4v) is 2.88. The predicted molar refractivity (Wildman–Crippen MR) is 82.8 cm³/mol. The zero-order valence-electron chi connectivity index (χ0n) is 12.3. The monoisotopic (exact) mass is 293 g/mol. The fraction of sp³-hybridized carbons (Fsp3) is 0.400. The molecule has 0 fully saturated rings. The molecular formula is C15H20FN3S. The van der Waals surface area contributed by atoms with Gasteiger partial charge < -0.3 is 10.2 Å². The number of rotatable bonds is 5. The van der Waals surface area contributed by atoms with E-state index in [1.54, 1.807) is 17.4 Å². The first-order valence-corrected chi connectivity index (χ1v) is 7.47. The first kappa shape index (κ1) is 14.9. The minimum atomic E-state index is -0.186. The molecule has 1 aromatic heterocycles. The third kappa shape index (κ3) is 3.16. The molecule has 0 aliphatic heterocycles. The highest BCUT2D eigenvalue weighted by Crippen LogP contribution is 2.25. The minimum absolute atomic E-state index is 0.146. The van der Waals surface area contributed by atoms with Gasteiger partial charge in [-0.25, -0.2) is 9.37 Å². The molecule has 20 heavy (non-hydrogen) atoms. The lowest BCUT2D eigenvalue weighted by Gasteiger charge is -2.21. The predicted octanol–water partition coefficient (Wildman–Crippen LogP) is 3.51. The van der Waals surface area contributed by atoms with Gasteiger partial charge in [0.05, 0.1) is 23.4 Å². The standard InChI is InChI=1S/C15H20FN3S/c1-10(17-3)12-5-6-14(13(16)7-12)19(4)8-15-11(2)18-9-20-15/h5-7,9-10,17H,8H2,1-4H3. The molecule has 2 rings (SSSR count). The maximum Gasteiger partial charge on any atom is 0.146 e. The molecule has 0 aliphatic rings. The summed E-state index contributed by atoms with van der Waals surface area (Å²) in [6, 6.07) is 5.56. The van der Waals surface area contributed by atoms with Gasteiger partial charge in [0.15, 0.2) is 0 Å². The van der Waals surface area contributed by atoms with E-state index >= 15 is 0 Å². The van der Waals surface area contributed by atoms with Gasteiger partial charge in [-0.05, 0) is 38.6 Å². The Labute approximate surface area is 123 Å². The van der Waals surface area contributed by atoms with Crippen molar-refractivity contribution in [1.29, 1.82) is 0 Å². The number of nitrogens with one attached hydrogen (secondary N) is 1. The van der Waals surface area contributed by atoms with Crippen molar-refractivity contribution < 1.29 is 4.39 Å². The largest absolute Gasteiger partial charge is 0.367 e. The number of aromatic nitrogens is 1. The fourth-order valence-electron chi connectivity index (χ4n) is 2.05. The number of hydrogen-bond acceptors (Lipinski definition) is 4. The highest BCUT2D eigenvalue weighted by atomic mass is 32.1. The van der Waals surface area contributed by atoms with Gasteiger partial charge in [-0.2, -0.15) is 0 Å². The Hall–Kier alpha value is -1.46. The van der Waals surface area contributed by atoms with Gasteiger partial charge in [-0.3, -0.25) is 0 Å². The van der Waals surface area contributed by atoms with Gasteiger partial charge in [-0.1, -0.05) is 6.07 Å². The molecule has 1 atom stereocenters. The van der Waals surface area contributed by atoms with Crippen molar-refractivity contribution in [2.24, 2.45) is 0 Å². The molecular weight excluding hydrogens is 273 g/mol. The number of hydrogen-bond donors (Lipinski definition) is 1. The van der Waals surface area contributed by atoms with Crippen molar-refractivity contribution in [1.82, 2.24) is 10.3 Å².